The van der Waals surface area contributed by atoms with Crippen molar-refractivity contribution in [3.63, 3.8) is 0 Å². The van der Waals surface area contributed by atoms with E-state index in [9.17, 15) is 4.79 Å². The van der Waals surface area contributed by atoms with Gasteiger partial charge in [0, 0.05) is 19.8 Å². The van der Waals surface area contributed by atoms with Crippen LogP contribution >= 0.6 is 0 Å². The molecule has 66 valence electrons. The van der Waals surface area contributed by atoms with Gasteiger partial charge in [0.05, 0.1) is 0 Å². The van der Waals surface area contributed by atoms with Gasteiger partial charge >= 0.3 is 0 Å². The average molecular weight is 168 g/mol. The zero-order chi connectivity index (χ0) is 8.77. The monoisotopic (exact) mass is 168 g/mol. The third-order valence-electron chi connectivity index (χ3n) is 2.32. The number of fused-ring (bicyclic) bond motifs is 1. The molecule has 2 heterocycles. The summed E-state index contributed by atoms with van der Waals surface area (Å²) in [5.41, 5.74) is -0.487. The number of hydrogen-bond donors (Lipinski definition) is 0. The van der Waals surface area contributed by atoms with Crippen molar-refractivity contribution in [2.45, 2.75) is 38.8 Å². The largest absolute Gasteiger partial charge is 0.452 e. The lowest BCUT2D eigenvalue weighted by molar-refractivity contribution is -0.154. The number of carbonyl (C=O) groups is 1. The minimum Gasteiger partial charge on any atom is -0.452 e. The molecule has 2 aliphatic rings. The van der Waals surface area contributed by atoms with E-state index >= 15 is 0 Å². The molecule has 0 aromatic heterocycles. The van der Waals surface area contributed by atoms with Crippen molar-refractivity contribution >= 4 is 11.8 Å². The molecule has 0 radical (unpaired) electrons. The van der Waals surface area contributed by atoms with Crippen LogP contribution in [0.5, 0.6) is 0 Å². The third kappa shape index (κ3) is 0.906. The van der Waals surface area contributed by atoms with Crippen LogP contribution in [0.15, 0.2) is 5.10 Å². The molecule has 0 bridgehead atoms. The molecule has 2 aliphatic heterocycles. The number of rotatable bonds is 0. The predicted octanol–water partition coefficient (Wildman–Crippen LogP) is 1.08. The summed E-state index contributed by atoms with van der Waals surface area (Å²) in [6.07, 6.45) is 2.37. The number of nitrogens with zero attached hydrogens (tertiary/aromatic N) is 2. The fourth-order valence-corrected chi connectivity index (χ4v) is 1.78. The van der Waals surface area contributed by atoms with E-state index in [0.717, 1.165) is 12.8 Å². The van der Waals surface area contributed by atoms with Gasteiger partial charge in [0.25, 0.3) is 0 Å². The maximum Gasteiger partial charge on any atom is 0.246 e. The summed E-state index contributed by atoms with van der Waals surface area (Å²) in [4.78, 5) is 11.4. The van der Waals surface area contributed by atoms with Crippen molar-refractivity contribution in [2.24, 2.45) is 5.10 Å². The molecule has 2 rings (SSSR count). The molecule has 0 aliphatic carbocycles. The summed E-state index contributed by atoms with van der Waals surface area (Å²) < 4.78 is 5.48. The number of hydrazone groups is 1. The first kappa shape index (κ1) is 7.58. The molecular weight excluding hydrogens is 156 g/mol. The Hall–Kier alpha value is -1.06. The van der Waals surface area contributed by atoms with E-state index < -0.39 is 5.72 Å². The molecule has 4 heteroatoms. The molecule has 0 saturated carbocycles. The van der Waals surface area contributed by atoms with Crippen molar-refractivity contribution in [2.75, 3.05) is 0 Å². The minimum atomic E-state index is -0.487. The Kier molecular flexibility index (Phi) is 1.40. The molecule has 0 spiro atoms. The van der Waals surface area contributed by atoms with E-state index in [-0.39, 0.29) is 5.91 Å². The molecule has 1 fully saturated rings. The maximum absolute atomic E-state index is 11.4. The van der Waals surface area contributed by atoms with Gasteiger partial charge in [-0.15, -0.1) is 5.10 Å². The van der Waals surface area contributed by atoms with Crippen molar-refractivity contribution in [1.29, 1.82) is 0 Å². The Morgan fingerprint density at radius 1 is 1.67 bits per heavy atom. The molecular formula is C8H12N2O2. The smallest absolute Gasteiger partial charge is 0.246 e. The summed E-state index contributed by atoms with van der Waals surface area (Å²) in [5.74, 6) is 0.661. The highest BCUT2D eigenvalue weighted by molar-refractivity contribution is 5.83. The second-order valence-electron chi connectivity index (χ2n) is 3.46. The summed E-state index contributed by atoms with van der Waals surface area (Å²) in [6, 6.07) is 0. The van der Waals surface area contributed by atoms with Crippen LogP contribution in [0.4, 0.5) is 0 Å². The molecule has 1 atom stereocenters. The van der Waals surface area contributed by atoms with E-state index in [1.807, 2.05) is 6.92 Å². The molecule has 0 aromatic rings. The fraction of sp³-hybridized carbons (Fsp3) is 0.750. The fourth-order valence-electron chi connectivity index (χ4n) is 1.78. The number of hydrogen-bond acceptors (Lipinski definition) is 3. The van der Waals surface area contributed by atoms with Crippen LogP contribution in [0.2, 0.25) is 0 Å². The van der Waals surface area contributed by atoms with Gasteiger partial charge in [-0.1, -0.05) is 0 Å². The lowest BCUT2D eigenvalue weighted by Gasteiger charge is -2.34. The molecule has 0 aromatic carbocycles. The Morgan fingerprint density at radius 3 is 3.08 bits per heavy atom. The van der Waals surface area contributed by atoms with Crippen LogP contribution in [0, 0.1) is 0 Å². The van der Waals surface area contributed by atoms with Crippen molar-refractivity contribution in [3.8, 4) is 0 Å². The van der Waals surface area contributed by atoms with E-state index in [1.54, 1.807) is 6.92 Å². The second kappa shape index (κ2) is 2.21. The predicted molar refractivity (Wildman–Crippen MR) is 43.3 cm³/mol. The van der Waals surface area contributed by atoms with Gasteiger partial charge in [-0.25, -0.2) is 0 Å². The lowest BCUT2D eigenvalue weighted by Crippen LogP contribution is -2.47. The molecule has 0 N–H and O–H groups in total. The van der Waals surface area contributed by atoms with Crippen molar-refractivity contribution < 1.29 is 9.53 Å². The summed E-state index contributed by atoms with van der Waals surface area (Å²) in [7, 11) is 0. The zero-order valence-electron chi connectivity index (χ0n) is 7.33. The number of carbonyl (C=O) groups excluding carboxylic acids is 1. The van der Waals surface area contributed by atoms with Gasteiger partial charge < -0.3 is 4.74 Å². The third-order valence-corrected chi connectivity index (χ3v) is 2.32. The number of piperidine rings is 1. The van der Waals surface area contributed by atoms with Crippen LogP contribution in [-0.2, 0) is 9.53 Å². The highest BCUT2D eigenvalue weighted by atomic mass is 16.6. The Labute approximate surface area is 71.2 Å². The van der Waals surface area contributed by atoms with E-state index in [0.29, 0.717) is 12.3 Å². The average Bonchev–Trinajstić information content (AvgIpc) is 2.26. The van der Waals surface area contributed by atoms with Gasteiger partial charge in [0.15, 0.2) is 0 Å². The quantitative estimate of drug-likeness (QED) is 0.543. The van der Waals surface area contributed by atoms with E-state index in [4.69, 9.17) is 4.74 Å². The first-order valence-corrected chi connectivity index (χ1v) is 4.19. The second-order valence-corrected chi connectivity index (χ2v) is 3.46. The highest BCUT2D eigenvalue weighted by Crippen LogP contribution is 2.34. The first-order valence-electron chi connectivity index (χ1n) is 4.19. The molecule has 1 saturated heterocycles. The van der Waals surface area contributed by atoms with Gasteiger partial charge in [0.2, 0.25) is 17.5 Å². The van der Waals surface area contributed by atoms with Crippen LogP contribution in [0.25, 0.3) is 0 Å². The molecule has 1 unspecified atom stereocenters. The maximum atomic E-state index is 11.4. The topological polar surface area (TPSA) is 41.9 Å². The van der Waals surface area contributed by atoms with E-state index in [2.05, 4.69) is 5.10 Å². The number of amides is 1. The highest BCUT2D eigenvalue weighted by Gasteiger charge is 2.45. The van der Waals surface area contributed by atoms with E-state index in [1.165, 1.54) is 5.01 Å². The van der Waals surface area contributed by atoms with Crippen LogP contribution in [-0.4, -0.2) is 22.5 Å². The van der Waals surface area contributed by atoms with Gasteiger partial charge in [-0.2, -0.15) is 5.01 Å². The summed E-state index contributed by atoms with van der Waals surface area (Å²) >= 11 is 0. The summed E-state index contributed by atoms with van der Waals surface area (Å²) in [6.45, 7) is 3.68. The van der Waals surface area contributed by atoms with Gasteiger partial charge in [0.1, 0.15) is 0 Å². The van der Waals surface area contributed by atoms with Crippen molar-refractivity contribution in [1.82, 2.24) is 5.01 Å². The Morgan fingerprint density at radius 2 is 2.42 bits per heavy atom. The molecule has 12 heavy (non-hydrogen) atoms. The lowest BCUT2D eigenvalue weighted by atomic mass is 10.0. The molecule has 1 amide bonds. The van der Waals surface area contributed by atoms with Crippen LogP contribution < -0.4 is 0 Å². The SMILES string of the molecule is CC1=NN2C(=O)CCCC2(C)O1. The zero-order valence-corrected chi connectivity index (χ0v) is 7.33. The Bertz CT molecular complexity index is 262. The summed E-state index contributed by atoms with van der Waals surface area (Å²) in [5, 5.41) is 5.52. The normalized spacial score (nSPS) is 34.3. The first-order chi connectivity index (χ1) is 5.62. The van der Waals surface area contributed by atoms with Gasteiger partial charge in [-0.05, 0) is 13.3 Å². The van der Waals surface area contributed by atoms with Crippen molar-refractivity contribution in [3.05, 3.63) is 0 Å². The van der Waals surface area contributed by atoms with Gasteiger partial charge in [-0.3, -0.25) is 4.79 Å². The Balaban J connectivity index is 2.30. The van der Waals surface area contributed by atoms with Crippen LogP contribution in [0.1, 0.15) is 33.1 Å². The molecule has 4 nitrogen and oxygen atoms in total. The standard InChI is InChI=1S/C8H12N2O2/c1-6-9-10-7(11)4-3-5-8(10,2)12-6/h3-5H2,1-2H3. The minimum absolute atomic E-state index is 0.0700. The van der Waals surface area contributed by atoms with Crippen LogP contribution in [0.3, 0.4) is 0 Å². The number of ether oxygens (including phenoxy) is 1.